The van der Waals surface area contributed by atoms with Crippen molar-refractivity contribution in [2.45, 2.75) is 26.8 Å². The Kier molecular flexibility index (Phi) is 6.93. The van der Waals surface area contributed by atoms with Crippen molar-refractivity contribution in [3.05, 3.63) is 86.3 Å². The van der Waals surface area contributed by atoms with Gasteiger partial charge in [0.1, 0.15) is 17.3 Å². The number of ether oxygens (including phenoxy) is 2. The van der Waals surface area contributed by atoms with Gasteiger partial charge in [0.05, 0.1) is 37.1 Å². The number of carbonyl (C=O) groups is 1. The van der Waals surface area contributed by atoms with Gasteiger partial charge in [-0.05, 0) is 19.9 Å². The van der Waals surface area contributed by atoms with E-state index in [1.807, 2.05) is 30.3 Å². The maximum Gasteiger partial charge on any atom is 0.261 e. The fourth-order valence-electron chi connectivity index (χ4n) is 4.60. The minimum absolute atomic E-state index is 0.0683. The van der Waals surface area contributed by atoms with E-state index in [2.05, 4.69) is 10.3 Å². The van der Waals surface area contributed by atoms with E-state index in [0.29, 0.717) is 45.3 Å². The predicted molar refractivity (Wildman–Crippen MR) is 145 cm³/mol. The maximum atomic E-state index is 13.2. The molecule has 200 valence electrons. The van der Waals surface area contributed by atoms with Crippen LogP contribution in [-0.4, -0.2) is 36.2 Å². The van der Waals surface area contributed by atoms with Gasteiger partial charge in [-0.15, -0.1) is 0 Å². The van der Waals surface area contributed by atoms with Gasteiger partial charge in [-0.25, -0.2) is 4.98 Å². The Morgan fingerprint density at radius 2 is 1.69 bits per heavy atom. The number of benzene rings is 2. The number of hydrogen-bond acceptors (Lipinski definition) is 8. The molecule has 2 aromatic carbocycles. The van der Waals surface area contributed by atoms with Crippen LogP contribution in [0.15, 0.2) is 67.0 Å². The molecule has 10 nitrogen and oxygen atoms in total. The first-order valence-corrected chi connectivity index (χ1v) is 12.3. The van der Waals surface area contributed by atoms with Crippen LogP contribution in [0.5, 0.6) is 11.5 Å². The van der Waals surface area contributed by atoms with Crippen molar-refractivity contribution in [3.8, 4) is 22.8 Å². The van der Waals surface area contributed by atoms with E-state index >= 15 is 0 Å². The van der Waals surface area contributed by atoms with E-state index in [-0.39, 0.29) is 47.6 Å². The number of methoxy groups -OCH3 is 2. The van der Waals surface area contributed by atoms with Crippen LogP contribution in [0.25, 0.3) is 33.4 Å². The molecule has 0 atom stereocenters. The third-order valence-corrected chi connectivity index (χ3v) is 6.46. The van der Waals surface area contributed by atoms with Crippen LogP contribution in [-0.2, 0) is 17.8 Å². The highest BCUT2D eigenvalue weighted by molar-refractivity contribution is 5.90. The van der Waals surface area contributed by atoms with Gasteiger partial charge >= 0.3 is 0 Å². The lowest BCUT2D eigenvalue weighted by Crippen LogP contribution is -2.33. The van der Waals surface area contributed by atoms with Gasteiger partial charge in [-0.1, -0.05) is 30.3 Å². The van der Waals surface area contributed by atoms with Crippen LogP contribution < -0.4 is 25.8 Å². The average Bonchev–Trinajstić information content (AvgIpc) is 3.28. The van der Waals surface area contributed by atoms with Crippen molar-refractivity contribution < 1.29 is 23.1 Å². The molecule has 3 aromatic heterocycles. The summed E-state index contributed by atoms with van der Waals surface area (Å²) in [5, 5.41) is 3.23. The van der Waals surface area contributed by atoms with Crippen LogP contribution >= 0.6 is 0 Å². The average molecular weight is 530 g/mol. The SMILES string of the molecule is COc1cc2nc(C)n(CCNC(=O)Cc3c(-c4ccccc4)oc4c(=O)cc(C)oc34)c(=O)c2cc1OC. The molecular formula is C29H27N3O7. The fourth-order valence-corrected chi connectivity index (χ4v) is 4.60. The topological polar surface area (TPSA) is 126 Å². The number of amides is 1. The van der Waals surface area contributed by atoms with Crippen LogP contribution in [0.1, 0.15) is 17.1 Å². The third kappa shape index (κ3) is 4.88. The summed E-state index contributed by atoms with van der Waals surface area (Å²) < 4.78 is 23.8. The Balaban J connectivity index is 1.39. The zero-order chi connectivity index (χ0) is 27.7. The molecule has 5 rings (SSSR count). The Hall–Kier alpha value is -4.86. The molecule has 5 aromatic rings. The van der Waals surface area contributed by atoms with Gasteiger partial charge in [0, 0.05) is 30.8 Å². The number of aryl methyl sites for hydroxylation is 2. The summed E-state index contributed by atoms with van der Waals surface area (Å²) in [6.45, 7) is 3.79. The highest BCUT2D eigenvalue weighted by atomic mass is 16.5. The van der Waals surface area contributed by atoms with Crippen LogP contribution in [0.2, 0.25) is 0 Å². The van der Waals surface area contributed by atoms with Crippen molar-refractivity contribution in [2.75, 3.05) is 20.8 Å². The molecule has 0 fully saturated rings. The van der Waals surface area contributed by atoms with Crippen molar-refractivity contribution in [1.29, 1.82) is 0 Å². The second-order valence-electron chi connectivity index (χ2n) is 9.02. The molecule has 1 amide bonds. The van der Waals surface area contributed by atoms with Crippen LogP contribution in [0.4, 0.5) is 0 Å². The summed E-state index contributed by atoms with van der Waals surface area (Å²) in [5.74, 6) is 1.91. The Labute approximate surface area is 222 Å². The smallest absolute Gasteiger partial charge is 0.261 e. The molecule has 0 aliphatic carbocycles. The number of carbonyl (C=O) groups excluding carboxylic acids is 1. The van der Waals surface area contributed by atoms with E-state index < -0.39 is 0 Å². The standard InChI is InChI=1S/C29H27N3O7/c1-16-12-22(33)28-27(38-16)20(26(39-28)18-8-6-5-7-9-18)14-25(34)30-10-11-32-17(2)31-21-15-24(37-4)23(36-3)13-19(21)29(32)35/h5-9,12-13,15H,10-11,14H2,1-4H3,(H,30,34). The molecular weight excluding hydrogens is 502 g/mol. The van der Waals surface area contributed by atoms with E-state index in [1.165, 1.54) is 24.9 Å². The van der Waals surface area contributed by atoms with Gasteiger partial charge in [0.15, 0.2) is 17.1 Å². The summed E-state index contributed by atoms with van der Waals surface area (Å²) in [5.41, 5.74) is 1.45. The molecule has 0 saturated carbocycles. The molecule has 0 saturated heterocycles. The zero-order valence-electron chi connectivity index (χ0n) is 22.0. The molecule has 3 heterocycles. The second-order valence-corrected chi connectivity index (χ2v) is 9.02. The lowest BCUT2D eigenvalue weighted by atomic mass is 10.1. The van der Waals surface area contributed by atoms with Crippen molar-refractivity contribution in [1.82, 2.24) is 14.9 Å². The lowest BCUT2D eigenvalue weighted by molar-refractivity contribution is -0.120. The highest BCUT2D eigenvalue weighted by Gasteiger charge is 2.23. The molecule has 39 heavy (non-hydrogen) atoms. The molecule has 10 heteroatoms. The maximum absolute atomic E-state index is 13.2. The Morgan fingerprint density at radius 1 is 0.974 bits per heavy atom. The fraction of sp³-hybridized carbons (Fsp3) is 0.241. The van der Waals surface area contributed by atoms with E-state index in [0.717, 1.165) is 5.56 Å². The van der Waals surface area contributed by atoms with Crippen LogP contribution in [0, 0.1) is 13.8 Å². The van der Waals surface area contributed by atoms with Crippen LogP contribution in [0.3, 0.4) is 0 Å². The first kappa shape index (κ1) is 25.8. The summed E-state index contributed by atoms with van der Waals surface area (Å²) in [6.07, 6.45) is -0.0789. The van der Waals surface area contributed by atoms with E-state index in [1.54, 1.807) is 26.0 Å². The Bertz CT molecular complexity index is 1820. The van der Waals surface area contributed by atoms with E-state index in [9.17, 15) is 14.4 Å². The highest BCUT2D eigenvalue weighted by Crippen LogP contribution is 2.33. The summed E-state index contributed by atoms with van der Waals surface area (Å²) in [6, 6.07) is 13.8. The summed E-state index contributed by atoms with van der Waals surface area (Å²) in [7, 11) is 3.02. The van der Waals surface area contributed by atoms with Crippen molar-refractivity contribution in [3.63, 3.8) is 0 Å². The van der Waals surface area contributed by atoms with E-state index in [4.69, 9.17) is 18.3 Å². The molecule has 1 N–H and O–H groups in total. The predicted octanol–water partition coefficient (Wildman–Crippen LogP) is 3.76. The number of fused-ring (bicyclic) bond motifs is 2. The zero-order valence-corrected chi connectivity index (χ0v) is 22.0. The first-order valence-electron chi connectivity index (χ1n) is 12.3. The number of nitrogens with zero attached hydrogens (tertiary/aromatic N) is 2. The number of furan rings is 1. The number of aromatic nitrogens is 2. The van der Waals surface area contributed by atoms with Gasteiger partial charge in [-0.3, -0.25) is 19.0 Å². The number of nitrogens with one attached hydrogen (secondary N) is 1. The minimum atomic E-state index is -0.315. The first-order chi connectivity index (χ1) is 18.8. The largest absolute Gasteiger partial charge is 0.493 e. The molecule has 0 unspecified atom stereocenters. The quantitative estimate of drug-likeness (QED) is 0.322. The van der Waals surface area contributed by atoms with Crippen molar-refractivity contribution in [2.24, 2.45) is 0 Å². The third-order valence-electron chi connectivity index (χ3n) is 6.46. The van der Waals surface area contributed by atoms with Gasteiger partial charge in [0.2, 0.25) is 16.9 Å². The van der Waals surface area contributed by atoms with Gasteiger partial charge in [-0.2, -0.15) is 0 Å². The second kappa shape index (κ2) is 10.5. The van der Waals surface area contributed by atoms with Gasteiger partial charge < -0.3 is 23.6 Å². The molecule has 0 radical (unpaired) electrons. The molecule has 0 spiro atoms. The molecule has 0 aliphatic rings. The molecule has 0 aliphatic heterocycles. The summed E-state index contributed by atoms with van der Waals surface area (Å²) in [4.78, 5) is 43.3. The number of hydrogen-bond donors (Lipinski definition) is 1. The normalized spacial score (nSPS) is 11.2. The van der Waals surface area contributed by atoms with Crippen molar-refractivity contribution >= 4 is 28.0 Å². The number of rotatable bonds is 8. The van der Waals surface area contributed by atoms with Gasteiger partial charge in [0.25, 0.3) is 5.56 Å². The molecule has 0 bridgehead atoms. The lowest BCUT2D eigenvalue weighted by Gasteiger charge is -2.13. The monoisotopic (exact) mass is 529 g/mol. The summed E-state index contributed by atoms with van der Waals surface area (Å²) >= 11 is 0. The minimum Gasteiger partial charge on any atom is -0.493 e. The Morgan fingerprint density at radius 3 is 2.41 bits per heavy atom.